The Bertz CT molecular complexity index is 788. The van der Waals surface area contributed by atoms with Crippen molar-refractivity contribution >= 4 is 17.5 Å². The third kappa shape index (κ3) is 2.75. The lowest BCUT2D eigenvalue weighted by Crippen LogP contribution is -2.58. The Labute approximate surface area is 140 Å². The van der Waals surface area contributed by atoms with Crippen molar-refractivity contribution in [1.82, 2.24) is 19.8 Å². The summed E-state index contributed by atoms with van der Waals surface area (Å²) in [5, 5.41) is 26.1. The first-order chi connectivity index (χ1) is 11.4. The Morgan fingerprint density at radius 2 is 1.92 bits per heavy atom. The summed E-state index contributed by atoms with van der Waals surface area (Å²) in [7, 11) is 0. The molecule has 136 valence electrons. The molecule has 0 bridgehead atoms. The first-order valence-electron chi connectivity index (χ1n) is 7.40. The van der Waals surface area contributed by atoms with Gasteiger partial charge in [-0.3, -0.25) is 0 Å². The monoisotopic (exact) mass is 358 g/mol. The number of nitrogens with two attached hydrogens (primary N) is 1. The van der Waals surface area contributed by atoms with E-state index in [1.54, 1.807) is 20.8 Å². The van der Waals surface area contributed by atoms with Crippen LogP contribution in [0.15, 0.2) is 21.6 Å². The average Bonchev–Trinajstić information content (AvgIpc) is 3.01. The first-order valence-corrected chi connectivity index (χ1v) is 7.40. The van der Waals surface area contributed by atoms with Gasteiger partial charge >= 0.3 is 6.18 Å². The van der Waals surface area contributed by atoms with Crippen LogP contribution in [0.1, 0.15) is 33.0 Å². The predicted octanol–water partition coefficient (Wildman–Crippen LogP) is 0.669. The molecule has 9 nitrogen and oxygen atoms in total. The van der Waals surface area contributed by atoms with E-state index in [0.29, 0.717) is 5.01 Å². The second-order valence-corrected chi connectivity index (χ2v) is 6.86. The maximum atomic E-state index is 13.7. The van der Waals surface area contributed by atoms with Crippen molar-refractivity contribution in [2.75, 3.05) is 0 Å². The molecule has 0 aliphatic carbocycles. The number of hydrogen-bond donors (Lipinski definition) is 2. The Morgan fingerprint density at radius 3 is 2.52 bits per heavy atom. The summed E-state index contributed by atoms with van der Waals surface area (Å²) in [5.74, 6) is -0.132. The molecule has 1 aromatic heterocycles. The van der Waals surface area contributed by atoms with Gasteiger partial charge in [0, 0.05) is 17.5 Å². The Hall–Kier alpha value is -2.50. The summed E-state index contributed by atoms with van der Waals surface area (Å²) in [6.07, 6.45) is -4.50. The van der Waals surface area contributed by atoms with Crippen molar-refractivity contribution in [3.05, 3.63) is 12.2 Å². The Kier molecular flexibility index (Phi) is 3.64. The molecule has 1 aromatic rings. The van der Waals surface area contributed by atoms with E-state index in [9.17, 15) is 18.3 Å². The van der Waals surface area contributed by atoms with E-state index in [4.69, 9.17) is 5.73 Å². The summed E-state index contributed by atoms with van der Waals surface area (Å²) in [5.41, 5.74) is 1.85. The van der Waals surface area contributed by atoms with Crippen molar-refractivity contribution in [3.63, 3.8) is 0 Å². The minimum absolute atomic E-state index is 0.0546. The van der Waals surface area contributed by atoms with Crippen LogP contribution in [0.5, 0.6) is 0 Å². The molecule has 0 spiro atoms. The number of aromatic nitrogens is 3. The van der Waals surface area contributed by atoms with Crippen molar-refractivity contribution < 1.29 is 18.3 Å². The van der Waals surface area contributed by atoms with E-state index < -0.39 is 29.7 Å². The smallest absolute Gasteiger partial charge is 0.385 e. The van der Waals surface area contributed by atoms with Crippen LogP contribution in [0, 0.1) is 5.41 Å². The number of hydrogen-bond acceptors (Lipinski definition) is 8. The lowest BCUT2D eigenvalue weighted by atomic mass is 9.86. The third-order valence-corrected chi connectivity index (χ3v) is 3.91. The standard InChI is InChI=1S/C13H17F3N8O/c1-11(2,3)7-5-12(25,13(14,15)16)24(22-7)10-21-20-8(17)4-9-18-6-19-23(9)10/h6,25H,4-5H2,1-3H3,(H2,17,20). The van der Waals surface area contributed by atoms with E-state index in [1.165, 1.54) is 0 Å². The highest BCUT2D eigenvalue weighted by atomic mass is 19.4. The minimum Gasteiger partial charge on any atom is -0.385 e. The van der Waals surface area contributed by atoms with Gasteiger partial charge in [0.2, 0.25) is 0 Å². The van der Waals surface area contributed by atoms with Crippen molar-refractivity contribution in [1.29, 1.82) is 0 Å². The van der Waals surface area contributed by atoms with Crippen molar-refractivity contribution in [3.8, 4) is 0 Å². The van der Waals surface area contributed by atoms with Crippen LogP contribution in [0.2, 0.25) is 0 Å². The molecule has 1 atom stereocenters. The molecule has 25 heavy (non-hydrogen) atoms. The average molecular weight is 358 g/mol. The van der Waals surface area contributed by atoms with Crippen LogP contribution < -0.4 is 5.73 Å². The number of amidine groups is 1. The van der Waals surface area contributed by atoms with Gasteiger partial charge < -0.3 is 10.8 Å². The van der Waals surface area contributed by atoms with Gasteiger partial charge in [-0.25, -0.2) is 4.98 Å². The van der Waals surface area contributed by atoms with Crippen LogP contribution in [-0.2, 0) is 6.42 Å². The third-order valence-electron chi connectivity index (χ3n) is 3.91. The lowest BCUT2D eigenvalue weighted by molar-refractivity contribution is -0.295. The van der Waals surface area contributed by atoms with Crippen molar-refractivity contribution in [2.45, 2.75) is 45.5 Å². The fourth-order valence-corrected chi connectivity index (χ4v) is 2.43. The van der Waals surface area contributed by atoms with Gasteiger partial charge in [-0.05, 0) is 0 Å². The molecule has 0 aromatic carbocycles. The Morgan fingerprint density at radius 1 is 1.24 bits per heavy atom. The molecule has 1 unspecified atom stereocenters. The van der Waals surface area contributed by atoms with Gasteiger partial charge in [-0.15, -0.1) is 10.2 Å². The fraction of sp³-hybridized carbons (Fsp3) is 0.615. The van der Waals surface area contributed by atoms with Crippen LogP contribution in [-0.4, -0.2) is 54.3 Å². The number of fused-ring (bicyclic) bond motifs is 1. The SMILES string of the molecule is CC(C)(C)C1=NN(C2=NN=C(N)Cc3ncnn32)C(O)(C(F)(F)F)C1. The largest absolute Gasteiger partial charge is 0.438 e. The van der Waals surface area contributed by atoms with E-state index >= 15 is 0 Å². The maximum Gasteiger partial charge on any atom is 0.438 e. The molecule has 0 saturated heterocycles. The van der Waals surface area contributed by atoms with Gasteiger partial charge in [-0.2, -0.15) is 33.1 Å². The molecular formula is C13H17F3N8O. The van der Waals surface area contributed by atoms with Crippen molar-refractivity contribution in [2.24, 2.45) is 26.5 Å². The van der Waals surface area contributed by atoms with Gasteiger partial charge in [0.1, 0.15) is 18.0 Å². The zero-order chi connectivity index (χ0) is 18.6. The molecule has 3 heterocycles. The topological polar surface area (TPSA) is 117 Å². The minimum atomic E-state index is -4.99. The van der Waals surface area contributed by atoms with Gasteiger partial charge in [-0.1, -0.05) is 20.8 Å². The van der Waals surface area contributed by atoms with Crippen LogP contribution in [0.25, 0.3) is 0 Å². The van der Waals surface area contributed by atoms with Crippen LogP contribution in [0.3, 0.4) is 0 Å². The molecule has 2 aliphatic rings. The van der Waals surface area contributed by atoms with E-state index in [2.05, 4.69) is 25.4 Å². The first kappa shape index (κ1) is 17.3. The van der Waals surface area contributed by atoms with Gasteiger partial charge in [0.15, 0.2) is 0 Å². The summed E-state index contributed by atoms with van der Waals surface area (Å²) in [4.78, 5) is 3.94. The number of alkyl halides is 3. The van der Waals surface area contributed by atoms with Crippen LogP contribution in [0.4, 0.5) is 13.2 Å². The van der Waals surface area contributed by atoms with E-state index in [0.717, 1.165) is 11.0 Å². The molecule has 0 saturated carbocycles. The van der Waals surface area contributed by atoms with Gasteiger partial charge in [0.25, 0.3) is 11.7 Å². The molecule has 12 heteroatoms. The second kappa shape index (κ2) is 5.25. The predicted molar refractivity (Wildman–Crippen MR) is 82.5 cm³/mol. The highest BCUT2D eigenvalue weighted by molar-refractivity contribution is 5.96. The number of aliphatic hydroxyl groups is 1. The number of halogens is 3. The molecule has 3 N–H and O–H groups in total. The molecule has 0 fully saturated rings. The molecular weight excluding hydrogens is 341 g/mol. The zero-order valence-corrected chi connectivity index (χ0v) is 13.8. The number of rotatable bonds is 0. The summed E-state index contributed by atoms with van der Waals surface area (Å²) < 4.78 is 42.0. The summed E-state index contributed by atoms with van der Waals surface area (Å²) in [6.45, 7) is 5.12. The molecule has 0 radical (unpaired) electrons. The fourth-order valence-electron chi connectivity index (χ4n) is 2.43. The van der Waals surface area contributed by atoms with Gasteiger partial charge in [0.05, 0.1) is 6.42 Å². The van der Waals surface area contributed by atoms with E-state index in [1.807, 2.05) is 0 Å². The Balaban J connectivity index is 2.17. The second-order valence-electron chi connectivity index (χ2n) is 6.86. The lowest BCUT2D eigenvalue weighted by Gasteiger charge is -2.33. The zero-order valence-electron chi connectivity index (χ0n) is 13.8. The quantitative estimate of drug-likeness (QED) is 0.707. The summed E-state index contributed by atoms with van der Waals surface area (Å²) in [6, 6.07) is 0. The normalized spacial score (nSPS) is 24.4. The number of hydrazone groups is 1. The maximum absolute atomic E-state index is 13.7. The summed E-state index contributed by atoms with van der Waals surface area (Å²) >= 11 is 0. The number of nitrogens with zero attached hydrogens (tertiary/aromatic N) is 7. The molecule has 2 aliphatic heterocycles. The highest BCUT2D eigenvalue weighted by Crippen LogP contribution is 2.43. The molecule has 3 rings (SSSR count). The highest BCUT2D eigenvalue weighted by Gasteiger charge is 2.64. The van der Waals surface area contributed by atoms with Crippen LogP contribution >= 0.6 is 0 Å². The van der Waals surface area contributed by atoms with E-state index in [-0.39, 0.29) is 23.8 Å². The molecule has 0 amide bonds.